The largest absolute Gasteiger partial charge is 0.355 e. The Bertz CT molecular complexity index is 970. The predicted molar refractivity (Wildman–Crippen MR) is 108 cm³/mol. The van der Waals surface area contributed by atoms with E-state index < -0.39 is 0 Å². The van der Waals surface area contributed by atoms with E-state index in [0.29, 0.717) is 17.1 Å². The van der Waals surface area contributed by atoms with Crippen molar-refractivity contribution in [1.82, 2.24) is 20.2 Å². The SMILES string of the molecule is Cc1cccc(-c2[nH]nc3nc(N4CCC5(CCC[C@H]5N)CC4)cnc23)c1. The molecule has 27 heavy (non-hydrogen) atoms. The molecule has 3 heterocycles. The molecule has 0 bridgehead atoms. The van der Waals surface area contributed by atoms with E-state index in [1.54, 1.807) is 0 Å². The summed E-state index contributed by atoms with van der Waals surface area (Å²) in [6.07, 6.45) is 7.95. The third-order valence-corrected chi connectivity index (χ3v) is 6.62. The second-order valence-corrected chi connectivity index (χ2v) is 8.22. The van der Waals surface area contributed by atoms with Crippen molar-refractivity contribution >= 4 is 17.0 Å². The number of benzene rings is 1. The summed E-state index contributed by atoms with van der Waals surface area (Å²) >= 11 is 0. The van der Waals surface area contributed by atoms with Crippen LogP contribution in [-0.2, 0) is 0 Å². The van der Waals surface area contributed by atoms with Gasteiger partial charge in [-0.05, 0) is 44.1 Å². The van der Waals surface area contributed by atoms with Gasteiger partial charge in [-0.15, -0.1) is 0 Å². The first-order valence-corrected chi connectivity index (χ1v) is 9.93. The number of H-pyrrole nitrogens is 1. The lowest BCUT2D eigenvalue weighted by molar-refractivity contribution is 0.197. The summed E-state index contributed by atoms with van der Waals surface area (Å²) in [5.74, 6) is 0.922. The molecule has 0 amide bonds. The van der Waals surface area contributed by atoms with Crippen LogP contribution in [0.2, 0.25) is 0 Å². The Morgan fingerprint density at radius 2 is 2.07 bits per heavy atom. The summed E-state index contributed by atoms with van der Waals surface area (Å²) in [7, 11) is 0. The summed E-state index contributed by atoms with van der Waals surface area (Å²) in [6.45, 7) is 4.09. The summed E-state index contributed by atoms with van der Waals surface area (Å²) in [6, 6.07) is 8.72. The second kappa shape index (κ2) is 6.30. The number of nitrogens with zero attached hydrogens (tertiary/aromatic N) is 4. The molecule has 1 atom stereocenters. The maximum absolute atomic E-state index is 6.41. The molecule has 1 spiro atoms. The van der Waals surface area contributed by atoms with Crippen molar-refractivity contribution in [2.45, 2.75) is 45.1 Å². The molecule has 3 N–H and O–H groups in total. The van der Waals surface area contributed by atoms with Crippen LogP contribution >= 0.6 is 0 Å². The molecule has 3 aromatic rings. The number of aromatic nitrogens is 4. The summed E-state index contributed by atoms with van der Waals surface area (Å²) in [5, 5.41) is 7.54. The Morgan fingerprint density at radius 1 is 1.22 bits per heavy atom. The van der Waals surface area contributed by atoms with E-state index in [-0.39, 0.29) is 0 Å². The van der Waals surface area contributed by atoms with Crippen LogP contribution in [0.4, 0.5) is 5.82 Å². The highest BCUT2D eigenvalue weighted by Crippen LogP contribution is 2.45. The normalized spacial score (nSPS) is 22.0. The number of anilines is 1. The monoisotopic (exact) mass is 362 g/mol. The number of aromatic amines is 1. The zero-order valence-electron chi connectivity index (χ0n) is 15.8. The molecule has 0 radical (unpaired) electrons. The highest BCUT2D eigenvalue weighted by atomic mass is 15.2. The minimum Gasteiger partial charge on any atom is -0.355 e. The molecule has 1 aliphatic carbocycles. The van der Waals surface area contributed by atoms with Crippen LogP contribution in [0.1, 0.15) is 37.7 Å². The standard InChI is InChI=1S/C21H26N6/c1-14-4-2-5-15(12-14)18-19-20(26-25-18)24-17(13-23-19)27-10-8-21(9-11-27)7-3-6-16(21)22/h2,4-5,12-13,16H,3,6-11,22H2,1H3,(H,24,25,26)/t16-/m1/s1. The van der Waals surface area contributed by atoms with Crippen molar-refractivity contribution in [3.05, 3.63) is 36.0 Å². The zero-order valence-corrected chi connectivity index (χ0v) is 15.8. The molecule has 2 fully saturated rings. The van der Waals surface area contributed by atoms with E-state index in [0.717, 1.165) is 48.5 Å². The molecular formula is C21H26N6. The number of nitrogens with two attached hydrogens (primary N) is 1. The molecule has 6 heteroatoms. The van der Waals surface area contributed by atoms with Gasteiger partial charge in [-0.1, -0.05) is 30.2 Å². The van der Waals surface area contributed by atoms with Crippen LogP contribution in [0.25, 0.3) is 22.4 Å². The lowest BCUT2D eigenvalue weighted by Crippen LogP contribution is -2.47. The minimum absolute atomic E-state index is 0.360. The first-order chi connectivity index (χ1) is 13.1. The van der Waals surface area contributed by atoms with Crippen molar-refractivity contribution < 1.29 is 0 Å². The summed E-state index contributed by atoms with van der Waals surface area (Å²) in [5.41, 5.74) is 11.5. The third-order valence-electron chi connectivity index (χ3n) is 6.62. The van der Waals surface area contributed by atoms with E-state index in [1.807, 2.05) is 6.20 Å². The summed E-state index contributed by atoms with van der Waals surface area (Å²) in [4.78, 5) is 11.8. The van der Waals surface area contributed by atoms with E-state index in [1.165, 1.54) is 24.8 Å². The van der Waals surface area contributed by atoms with E-state index >= 15 is 0 Å². The molecular weight excluding hydrogens is 336 g/mol. The Hall–Kier alpha value is -2.47. The number of piperidine rings is 1. The average molecular weight is 362 g/mol. The van der Waals surface area contributed by atoms with Gasteiger partial charge >= 0.3 is 0 Å². The van der Waals surface area contributed by atoms with Gasteiger partial charge in [-0.25, -0.2) is 9.97 Å². The maximum Gasteiger partial charge on any atom is 0.202 e. The van der Waals surface area contributed by atoms with Crippen LogP contribution in [0.5, 0.6) is 0 Å². The fourth-order valence-electron chi connectivity index (χ4n) is 4.91. The van der Waals surface area contributed by atoms with Crippen LogP contribution in [0, 0.1) is 12.3 Å². The average Bonchev–Trinajstić information content (AvgIpc) is 3.26. The highest BCUT2D eigenvalue weighted by Gasteiger charge is 2.43. The van der Waals surface area contributed by atoms with E-state index in [2.05, 4.69) is 46.3 Å². The van der Waals surface area contributed by atoms with E-state index in [9.17, 15) is 0 Å². The minimum atomic E-state index is 0.360. The van der Waals surface area contributed by atoms with Crippen LogP contribution in [0.3, 0.4) is 0 Å². The topological polar surface area (TPSA) is 83.7 Å². The lowest BCUT2D eigenvalue weighted by atomic mass is 9.74. The molecule has 1 aromatic carbocycles. The molecule has 6 nitrogen and oxygen atoms in total. The van der Waals surface area contributed by atoms with Crippen LogP contribution in [0.15, 0.2) is 30.5 Å². The smallest absolute Gasteiger partial charge is 0.202 e. The van der Waals surface area contributed by atoms with Crippen molar-refractivity contribution in [3.63, 3.8) is 0 Å². The van der Waals surface area contributed by atoms with Crippen LogP contribution in [-0.4, -0.2) is 39.3 Å². The van der Waals surface area contributed by atoms with Gasteiger partial charge in [0.1, 0.15) is 11.3 Å². The van der Waals surface area contributed by atoms with Crippen molar-refractivity contribution in [2.24, 2.45) is 11.1 Å². The fraction of sp³-hybridized carbons (Fsp3) is 0.476. The number of hydrogen-bond donors (Lipinski definition) is 2. The van der Waals surface area contributed by atoms with Gasteiger partial charge in [0.25, 0.3) is 0 Å². The first-order valence-electron chi connectivity index (χ1n) is 9.93. The molecule has 2 aliphatic rings. The number of fused-ring (bicyclic) bond motifs is 1. The van der Waals surface area contributed by atoms with Gasteiger partial charge in [0, 0.05) is 24.7 Å². The molecule has 1 aliphatic heterocycles. The Kier molecular flexibility index (Phi) is 3.90. The number of rotatable bonds is 2. The highest BCUT2D eigenvalue weighted by molar-refractivity contribution is 5.87. The third kappa shape index (κ3) is 2.79. The molecule has 2 aromatic heterocycles. The molecule has 5 rings (SSSR count). The zero-order chi connectivity index (χ0) is 18.4. The number of aryl methyl sites for hydroxylation is 1. The number of hydrogen-bond acceptors (Lipinski definition) is 5. The first kappa shape index (κ1) is 16.7. The molecule has 0 unspecified atom stereocenters. The molecule has 1 saturated heterocycles. The maximum atomic E-state index is 6.41. The fourth-order valence-corrected chi connectivity index (χ4v) is 4.91. The lowest BCUT2D eigenvalue weighted by Gasteiger charge is -2.42. The van der Waals surface area contributed by atoms with E-state index in [4.69, 9.17) is 15.7 Å². The quantitative estimate of drug-likeness (QED) is 0.730. The Morgan fingerprint density at radius 3 is 2.81 bits per heavy atom. The van der Waals surface area contributed by atoms with Gasteiger partial charge in [-0.3, -0.25) is 5.10 Å². The van der Waals surface area contributed by atoms with Gasteiger partial charge < -0.3 is 10.6 Å². The van der Waals surface area contributed by atoms with Crippen LogP contribution < -0.4 is 10.6 Å². The van der Waals surface area contributed by atoms with Gasteiger partial charge in [-0.2, -0.15) is 5.10 Å². The summed E-state index contributed by atoms with van der Waals surface area (Å²) < 4.78 is 0. The number of nitrogens with one attached hydrogen (secondary N) is 1. The van der Waals surface area contributed by atoms with Crippen molar-refractivity contribution in [2.75, 3.05) is 18.0 Å². The van der Waals surface area contributed by atoms with Crippen molar-refractivity contribution in [1.29, 1.82) is 0 Å². The Balaban J connectivity index is 1.40. The van der Waals surface area contributed by atoms with Gasteiger partial charge in [0.2, 0.25) is 5.65 Å². The van der Waals surface area contributed by atoms with Gasteiger partial charge in [0.15, 0.2) is 0 Å². The predicted octanol–water partition coefficient (Wildman–Crippen LogP) is 3.43. The Labute approximate surface area is 159 Å². The molecule has 1 saturated carbocycles. The second-order valence-electron chi connectivity index (χ2n) is 8.22. The van der Waals surface area contributed by atoms with Gasteiger partial charge in [0.05, 0.1) is 11.9 Å². The van der Waals surface area contributed by atoms with Crippen molar-refractivity contribution in [3.8, 4) is 11.3 Å². The molecule has 140 valence electrons.